The largest absolute Gasteiger partial charge is 0.492 e. The number of thioether (sulfide) groups is 1. The SMILES string of the molecule is CCSCCOc1c(C)cc(Br)cc1CNC. The second kappa shape index (κ2) is 8.01. The lowest BCUT2D eigenvalue weighted by Crippen LogP contribution is -2.10. The second-order valence-corrected chi connectivity index (χ2v) is 6.10. The smallest absolute Gasteiger partial charge is 0.126 e. The van der Waals surface area contributed by atoms with Crippen LogP contribution in [-0.4, -0.2) is 25.2 Å². The van der Waals surface area contributed by atoms with Crippen molar-refractivity contribution in [2.24, 2.45) is 0 Å². The molecule has 1 rings (SSSR count). The van der Waals surface area contributed by atoms with E-state index in [0.29, 0.717) is 0 Å². The molecule has 96 valence electrons. The first-order valence-electron chi connectivity index (χ1n) is 5.83. The minimum atomic E-state index is 0.775. The number of hydrogen-bond donors (Lipinski definition) is 1. The Morgan fingerprint density at radius 1 is 1.41 bits per heavy atom. The van der Waals surface area contributed by atoms with Crippen LogP contribution < -0.4 is 10.1 Å². The molecule has 0 spiro atoms. The topological polar surface area (TPSA) is 21.3 Å². The van der Waals surface area contributed by atoms with Crippen LogP contribution in [0.25, 0.3) is 0 Å². The molecule has 0 amide bonds. The molecule has 0 heterocycles. The predicted octanol–water partition coefficient (Wildman–Crippen LogP) is 3.61. The van der Waals surface area contributed by atoms with Crippen molar-refractivity contribution in [2.75, 3.05) is 25.2 Å². The summed E-state index contributed by atoms with van der Waals surface area (Å²) in [6, 6.07) is 4.22. The molecular weight excluding hydrogens is 298 g/mol. The van der Waals surface area contributed by atoms with Crippen molar-refractivity contribution >= 4 is 27.7 Å². The highest BCUT2D eigenvalue weighted by atomic mass is 79.9. The van der Waals surface area contributed by atoms with Crippen molar-refractivity contribution < 1.29 is 4.74 Å². The van der Waals surface area contributed by atoms with Crippen molar-refractivity contribution in [1.82, 2.24) is 5.32 Å². The van der Waals surface area contributed by atoms with Crippen molar-refractivity contribution in [2.45, 2.75) is 20.4 Å². The van der Waals surface area contributed by atoms with E-state index in [2.05, 4.69) is 47.2 Å². The highest BCUT2D eigenvalue weighted by molar-refractivity contribution is 9.10. The van der Waals surface area contributed by atoms with Gasteiger partial charge in [-0.1, -0.05) is 22.9 Å². The summed E-state index contributed by atoms with van der Waals surface area (Å²) in [5.74, 6) is 3.22. The molecule has 1 N–H and O–H groups in total. The number of ether oxygens (including phenoxy) is 1. The van der Waals surface area contributed by atoms with Crippen molar-refractivity contribution in [3.8, 4) is 5.75 Å². The molecule has 0 aliphatic rings. The summed E-state index contributed by atoms with van der Waals surface area (Å²) >= 11 is 5.43. The molecule has 17 heavy (non-hydrogen) atoms. The number of halogens is 1. The number of rotatable bonds is 7. The molecule has 0 saturated carbocycles. The van der Waals surface area contributed by atoms with Crippen LogP contribution in [0.3, 0.4) is 0 Å². The zero-order valence-electron chi connectivity index (χ0n) is 10.7. The molecule has 1 aromatic rings. The molecule has 1 aromatic carbocycles. The quantitative estimate of drug-likeness (QED) is 0.776. The average Bonchev–Trinajstić information content (AvgIpc) is 2.27. The third-order valence-corrected chi connectivity index (χ3v) is 3.68. The maximum absolute atomic E-state index is 5.90. The Bertz CT molecular complexity index is 358. The molecule has 0 aliphatic carbocycles. The minimum absolute atomic E-state index is 0.775. The second-order valence-electron chi connectivity index (χ2n) is 3.79. The van der Waals surface area contributed by atoms with Gasteiger partial charge in [0.1, 0.15) is 5.75 Å². The van der Waals surface area contributed by atoms with Crippen LogP contribution in [0.4, 0.5) is 0 Å². The van der Waals surface area contributed by atoms with E-state index in [1.807, 2.05) is 18.8 Å². The van der Waals surface area contributed by atoms with Crippen molar-refractivity contribution in [3.05, 3.63) is 27.7 Å². The molecule has 0 radical (unpaired) electrons. The van der Waals surface area contributed by atoms with Crippen LogP contribution in [-0.2, 0) is 6.54 Å². The summed E-state index contributed by atoms with van der Waals surface area (Å²) in [6.07, 6.45) is 0. The molecule has 0 unspecified atom stereocenters. The molecule has 0 bridgehead atoms. The first-order valence-corrected chi connectivity index (χ1v) is 7.78. The van der Waals surface area contributed by atoms with Gasteiger partial charge < -0.3 is 10.1 Å². The normalized spacial score (nSPS) is 10.6. The van der Waals surface area contributed by atoms with Gasteiger partial charge in [0.25, 0.3) is 0 Å². The van der Waals surface area contributed by atoms with Crippen LogP contribution >= 0.6 is 27.7 Å². The molecular formula is C13H20BrNOS. The lowest BCUT2D eigenvalue weighted by Gasteiger charge is -2.14. The Labute approximate surface area is 117 Å². The molecule has 2 nitrogen and oxygen atoms in total. The molecule has 4 heteroatoms. The van der Waals surface area contributed by atoms with Gasteiger partial charge in [0, 0.05) is 22.3 Å². The van der Waals surface area contributed by atoms with Gasteiger partial charge in [-0.05, 0) is 37.4 Å². The molecule has 0 aliphatic heterocycles. The van der Waals surface area contributed by atoms with Crippen LogP contribution in [0.1, 0.15) is 18.1 Å². The maximum Gasteiger partial charge on any atom is 0.126 e. The van der Waals surface area contributed by atoms with Gasteiger partial charge in [-0.3, -0.25) is 0 Å². The van der Waals surface area contributed by atoms with Crippen LogP contribution in [0.2, 0.25) is 0 Å². The van der Waals surface area contributed by atoms with Gasteiger partial charge in [0.2, 0.25) is 0 Å². The predicted molar refractivity (Wildman–Crippen MR) is 80.1 cm³/mol. The van der Waals surface area contributed by atoms with E-state index < -0.39 is 0 Å². The van der Waals surface area contributed by atoms with Gasteiger partial charge >= 0.3 is 0 Å². The summed E-state index contributed by atoms with van der Waals surface area (Å²) in [5, 5.41) is 3.17. The summed E-state index contributed by atoms with van der Waals surface area (Å²) < 4.78 is 7.00. The van der Waals surface area contributed by atoms with Crippen LogP contribution in [0.15, 0.2) is 16.6 Å². The van der Waals surface area contributed by atoms with E-state index in [9.17, 15) is 0 Å². The molecule has 0 fully saturated rings. The van der Waals surface area contributed by atoms with E-state index in [0.717, 1.165) is 34.9 Å². The van der Waals surface area contributed by atoms with Gasteiger partial charge in [0.05, 0.1) is 6.61 Å². The molecule has 0 aromatic heterocycles. The monoisotopic (exact) mass is 317 g/mol. The van der Waals surface area contributed by atoms with Gasteiger partial charge in [-0.2, -0.15) is 11.8 Å². The van der Waals surface area contributed by atoms with E-state index >= 15 is 0 Å². The van der Waals surface area contributed by atoms with Crippen molar-refractivity contribution in [1.29, 1.82) is 0 Å². The number of aryl methyl sites for hydroxylation is 1. The third-order valence-electron chi connectivity index (χ3n) is 2.36. The highest BCUT2D eigenvalue weighted by Crippen LogP contribution is 2.28. The van der Waals surface area contributed by atoms with E-state index in [1.165, 1.54) is 11.1 Å². The number of nitrogens with one attached hydrogen (secondary N) is 1. The Morgan fingerprint density at radius 2 is 2.18 bits per heavy atom. The Balaban J connectivity index is 2.73. The van der Waals surface area contributed by atoms with E-state index in [1.54, 1.807) is 0 Å². The lowest BCUT2D eigenvalue weighted by molar-refractivity contribution is 0.337. The van der Waals surface area contributed by atoms with Gasteiger partial charge in [-0.25, -0.2) is 0 Å². The van der Waals surface area contributed by atoms with Crippen LogP contribution in [0, 0.1) is 6.92 Å². The fraction of sp³-hybridized carbons (Fsp3) is 0.538. The Kier molecular flexibility index (Phi) is 7.00. The van der Waals surface area contributed by atoms with E-state index in [4.69, 9.17) is 4.74 Å². The fourth-order valence-corrected chi connectivity index (χ4v) is 2.78. The Hall–Kier alpha value is -0.190. The zero-order chi connectivity index (χ0) is 12.7. The third kappa shape index (κ3) is 4.90. The lowest BCUT2D eigenvalue weighted by atomic mass is 10.1. The van der Waals surface area contributed by atoms with Gasteiger partial charge in [-0.15, -0.1) is 0 Å². The van der Waals surface area contributed by atoms with E-state index in [-0.39, 0.29) is 0 Å². The first-order chi connectivity index (χ1) is 8.19. The standard InChI is InChI=1S/C13H20BrNOS/c1-4-17-6-5-16-13-10(2)7-12(14)8-11(13)9-15-3/h7-8,15H,4-6,9H2,1-3H3. The minimum Gasteiger partial charge on any atom is -0.492 e. The fourth-order valence-electron chi connectivity index (χ4n) is 1.67. The molecule has 0 saturated heterocycles. The van der Waals surface area contributed by atoms with Crippen LogP contribution in [0.5, 0.6) is 5.75 Å². The number of benzene rings is 1. The Morgan fingerprint density at radius 3 is 2.82 bits per heavy atom. The highest BCUT2D eigenvalue weighted by Gasteiger charge is 2.08. The van der Waals surface area contributed by atoms with Gasteiger partial charge in [0.15, 0.2) is 0 Å². The maximum atomic E-state index is 5.90. The summed E-state index contributed by atoms with van der Waals surface area (Å²) in [6.45, 7) is 5.86. The summed E-state index contributed by atoms with van der Waals surface area (Å²) in [4.78, 5) is 0. The average molecular weight is 318 g/mol. The van der Waals surface area contributed by atoms with Crippen molar-refractivity contribution in [3.63, 3.8) is 0 Å². The summed E-state index contributed by atoms with van der Waals surface area (Å²) in [7, 11) is 1.95. The zero-order valence-corrected chi connectivity index (χ0v) is 13.1. The summed E-state index contributed by atoms with van der Waals surface area (Å²) in [5.41, 5.74) is 2.40. The first kappa shape index (κ1) is 14.9. The molecule has 0 atom stereocenters. The number of hydrogen-bond acceptors (Lipinski definition) is 3.